The predicted molar refractivity (Wildman–Crippen MR) is 72.4 cm³/mol. The van der Waals surface area contributed by atoms with Crippen LogP contribution in [-0.2, 0) is 19.1 Å². The van der Waals surface area contributed by atoms with Gasteiger partial charge in [-0.05, 0) is 26.0 Å². The first-order valence-electron chi connectivity index (χ1n) is 6.11. The second kappa shape index (κ2) is 9.58. The molecular formula is C14H18N2O4. The molecule has 20 heavy (non-hydrogen) atoms. The predicted octanol–water partition coefficient (Wildman–Crippen LogP) is 2.18. The van der Waals surface area contributed by atoms with Crippen LogP contribution in [0.1, 0.15) is 27.7 Å². The highest BCUT2D eigenvalue weighted by Gasteiger charge is 2.18. The Balaban J connectivity index is 0.00000110. The monoisotopic (exact) mass is 278 g/mol. The first-order chi connectivity index (χ1) is 9.42. The molecule has 0 spiro atoms. The van der Waals surface area contributed by atoms with Crippen LogP contribution in [0.15, 0.2) is 29.5 Å². The van der Waals surface area contributed by atoms with Gasteiger partial charge in [0, 0.05) is 12.1 Å². The zero-order chi connectivity index (χ0) is 15.5. The average Bonchev–Trinajstić information content (AvgIpc) is 2.36. The summed E-state index contributed by atoms with van der Waals surface area (Å²) >= 11 is 0. The molecule has 108 valence electrons. The van der Waals surface area contributed by atoms with Gasteiger partial charge in [-0.15, -0.1) is 0 Å². The van der Waals surface area contributed by atoms with Gasteiger partial charge in [-0.1, -0.05) is 13.8 Å². The molecule has 0 aliphatic heterocycles. The van der Waals surface area contributed by atoms with Crippen molar-refractivity contribution in [1.29, 1.82) is 0 Å². The lowest BCUT2D eigenvalue weighted by Crippen LogP contribution is -2.25. The number of aliphatic imine (C=N–C) groups is 1. The first kappa shape index (κ1) is 17.7. The molecule has 0 bridgehead atoms. The normalized spacial score (nSPS) is 10.6. The van der Waals surface area contributed by atoms with Crippen molar-refractivity contribution in [3.05, 3.63) is 24.5 Å². The minimum atomic E-state index is -0.362. The van der Waals surface area contributed by atoms with E-state index in [1.165, 1.54) is 0 Å². The highest BCUT2D eigenvalue weighted by atomic mass is 16.5. The molecule has 0 saturated heterocycles. The maximum atomic E-state index is 11.8. The topological polar surface area (TPSA) is 85.7 Å². The number of hydrogen-bond acceptors (Lipinski definition) is 6. The fourth-order valence-electron chi connectivity index (χ4n) is 1.24. The number of rotatable bonds is 4. The Morgan fingerprint density at radius 2 is 1.90 bits per heavy atom. The Morgan fingerprint density at radius 3 is 2.30 bits per heavy atom. The number of aromatic nitrogens is 1. The SMILES string of the molecule is CC(C)OC(=O)C(=Nc1cccnc1)C(C)C.O=C=O. The number of ether oxygens (including phenoxy) is 1. The summed E-state index contributed by atoms with van der Waals surface area (Å²) in [5.41, 5.74) is 1.09. The van der Waals surface area contributed by atoms with E-state index >= 15 is 0 Å². The van der Waals surface area contributed by atoms with Crippen molar-refractivity contribution in [3.8, 4) is 0 Å². The summed E-state index contributed by atoms with van der Waals surface area (Å²) in [6.07, 6.45) is 3.39. The molecule has 0 aromatic carbocycles. The molecular weight excluding hydrogens is 260 g/mol. The highest BCUT2D eigenvalue weighted by Crippen LogP contribution is 2.12. The molecule has 0 radical (unpaired) electrons. The van der Waals surface area contributed by atoms with Crippen molar-refractivity contribution in [3.63, 3.8) is 0 Å². The lowest BCUT2D eigenvalue weighted by Gasteiger charge is -2.12. The Morgan fingerprint density at radius 1 is 1.30 bits per heavy atom. The molecule has 0 unspecified atom stereocenters. The summed E-state index contributed by atoms with van der Waals surface area (Å²) in [5.74, 6) is -0.347. The van der Waals surface area contributed by atoms with Crippen LogP contribution in [0, 0.1) is 5.92 Å². The van der Waals surface area contributed by atoms with Crippen molar-refractivity contribution in [2.24, 2.45) is 10.9 Å². The van der Waals surface area contributed by atoms with Crippen molar-refractivity contribution < 1.29 is 19.1 Å². The maximum Gasteiger partial charge on any atom is 0.373 e. The van der Waals surface area contributed by atoms with Crippen LogP contribution in [-0.4, -0.2) is 28.9 Å². The van der Waals surface area contributed by atoms with Crippen molar-refractivity contribution in [2.45, 2.75) is 33.8 Å². The maximum absolute atomic E-state index is 11.8. The number of esters is 1. The molecule has 0 N–H and O–H groups in total. The molecule has 0 amide bonds. The lowest BCUT2D eigenvalue weighted by atomic mass is 10.1. The van der Waals surface area contributed by atoms with E-state index in [1.807, 2.05) is 27.7 Å². The van der Waals surface area contributed by atoms with Crippen molar-refractivity contribution in [2.75, 3.05) is 0 Å². The Bertz CT molecular complexity index is 475. The van der Waals surface area contributed by atoms with Gasteiger partial charge in [0.15, 0.2) is 0 Å². The smallest absolute Gasteiger partial charge is 0.373 e. The number of carbonyl (C=O) groups is 1. The second-order valence-corrected chi connectivity index (χ2v) is 4.40. The summed E-state index contributed by atoms with van der Waals surface area (Å²) in [6, 6.07) is 3.59. The van der Waals surface area contributed by atoms with E-state index in [0.29, 0.717) is 11.4 Å². The lowest BCUT2D eigenvalue weighted by molar-refractivity contribution is -0.191. The van der Waals surface area contributed by atoms with E-state index in [1.54, 1.807) is 24.5 Å². The van der Waals surface area contributed by atoms with Crippen LogP contribution in [0.5, 0.6) is 0 Å². The summed E-state index contributed by atoms with van der Waals surface area (Å²) < 4.78 is 5.16. The molecule has 1 rings (SSSR count). The summed E-state index contributed by atoms with van der Waals surface area (Å²) in [6.45, 7) is 7.47. The van der Waals surface area contributed by atoms with Crippen LogP contribution in [0.4, 0.5) is 5.69 Å². The van der Waals surface area contributed by atoms with Gasteiger partial charge in [0.25, 0.3) is 0 Å². The molecule has 0 fully saturated rings. The number of pyridine rings is 1. The minimum Gasteiger partial charge on any atom is -0.458 e. The van der Waals surface area contributed by atoms with Crippen LogP contribution < -0.4 is 0 Å². The molecule has 0 atom stereocenters. The highest BCUT2D eigenvalue weighted by molar-refractivity contribution is 6.37. The molecule has 0 aliphatic carbocycles. The summed E-state index contributed by atoms with van der Waals surface area (Å²) in [7, 11) is 0. The Kier molecular flexibility index (Phi) is 8.46. The Hall–Kier alpha value is -2.33. The van der Waals surface area contributed by atoms with E-state index in [-0.39, 0.29) is 24.1 Å². The van der Waals surface area contributed by atoms with Crippen LogP contribution >= 0.6 is 0 Å². The molecule has 0 aliphatic rings. The third-order valence-electron chi connectivity index (χ3n) is 1.99. The number of hydrogen-bond donors (Lipinski definition) is 0. The second-order valence-electron chi connectivity index (χ2n) is 4.40. The van der Waals surface area contributed by atoms with Gasteiger partial charge in [-0.2, -0.15) is 9.59 Å². The van der Waals surface area contributed by atoms with Gasteiger partial charge in [-0.3, -0.25) is 4.98 Å². The molecule has 1 aromatic heterocycles. The van der Waals surface area contributed by atoms with Gasteiger partial charge in [0.05, 0.1) is 18.0 Å². The van der Waals surface area contributed by atoms with Gasteiger partial charge < -0.3 is 4.74 Å². The fourth-order valence-corrected chi connectivity index (χ4v) is 1.24. The van der Waals surface area contributed by atoms with Gasteiger partial charge in [0.1, 0.15) is 5.71 Å². The zero-order valence-electron chi connectivity index (χ0n) is 12.0. The van der Waals surface area contributed by atoms with Crippen LogP contribution in [0.2, 0.25) is 0 Å². The third kappa shape index (κ3) is 7.18. The van der Waals surface area contributed by atoms with Gasteiger partial charge in [0.2, 0.25) is 0 Å². The third-order valence-corrected chi connectivity index (χ3v) is 1.99. The largest absolute Gasteiger partial charge is 0.458 e. The van der Waals surface area contributed by atoms with Crippen molar-refractivity contribution in [1.82, 2.24) is 4.98 Å². The molecule has 1 aromatic rings. The van der Waals surface area contributed by atoms with Crippen molar-refractivity contribution >= 4 is 23.5 Å². The van der Waals surface area contributed by atoms with Crippen LogP contribution in [0.25, 0.3) is 0 Å². The van der Waals surface area contributed by atoms with E-state index in [2.05, 4.69) is 9.98 Å². The first-order valence-corrected chi connectivity index (χ1v) is 6.11. The van der Waals surface area contributed by atoms with E-state index in [0.717, 1.165) is 0 Å². The average molecular weight is 278 g/mol. The summed E-state index contributed by atoms with van der Waals surface area (Å²) in [4.78, 5) is 36.3. The molecule has 1 heterocycles. The van der Waals surface area contributed by atoms with Gasteiger partial charge >= 0.3 is 12.1 Å². The molecule has 0 saturated carbocycles. The summed E-state index contributed by atoms with van der Waals surface area (Å²) in [5, 5.41) is 0. The molecule has 6 nitrogen and oxygen atoms in total. The standard InChI is InChI=1S/C13H18N2O2.CO2/c1-9(2)12(13(16)17-10(3)4)15-11-6-5-7-14-8-11;2-1-3/h5-10H,1-4H3;. The Labute approximate surface area is 117 Å². The quantitative estimate of drug-likeness (QED) is 0.622. The van der Waals surface area contributed by atoms with E-state index in [4.69, 9.17) is 14.3 Å². The zero-order valence-corrected chi connectivity index (χ0v) is 12.0. The van der Waals surface area contributed by atoms with Gasteiger partial charge in [-0.25, -0.2) is 9.79 Å². The van der Waals surface area contributed by atoms with Crippen LogP contribution in [0.3, 0.4) is 0 Å². The van der Waals surface area contributed by atoms with E-state index < -0.39 is 0 Å². The number of carbonyl (C=O) groups excluding carboxylic acids is 3. The molecule has 6 heteroatoms. The van der Waals surface area contributed by atoms with E-state index in [9.17, 15) is 4.79 Å². The fraction of sp³-hybridized carbons (Fsp3) is 0.429. The minimum absolute atomic E-state index is 0.0152. The number of nitrogens with zero attached hydrogens (tertiary/aromatic N) is 2.